The van der Waals surface area contributed by atoms with Crippen molar-refractivity contribution in [2.45, 2.75) is 25.2 Å². The topological polar surface area (TPSA) is 38.0 Å². The molecule has 1 heterocycles. The SMILES string of the molecule is CC(O)(Cn1cc(Br)cn1)c1cccc(C(F)(F)F)c1. The van der Waals surface area contributed by atoms with E-state index in [4.69, 9.17) is 0 Å². The highest BCUT2D eigenvalue weighted by molar-refractivity contribution is 9.10. The summed E-state index contributed by atoms with van der Waals surface area (Å²) < 4.78 is 40.2. The van der Waals surface area contributed by atoms with Crippen molar-refractivity contribution < 1.29 is 18.3 Å². The Kier molecular flexibility index (Phi) is 3.93. The quantitative estimate of drug-likeness (QED) is 0.920. The van der Waals surface area contributed by atoms with Crippen LogP contribution in [0.15, 0.2) is 41.1 Å². The van der Waals surface area contributed by atoms with Crippen LogP contribution in [0.3, 0.4) is 0 Å². The van der Waals surface area contributed by atoms with Crippen LogP contribution < -0.4 is 0 Å². The van der Waals surface area contributed by atoms with E-state index >= 15 is 0 Å². The van der Waals surface area contributed by atoms with Crippen molar-refractivity contribution in [2.24, 2.45) is 0 Å². The number of aromatic nitrogens is 2. The van der Waals surface area contributed by atoms with Crippen LogP contribution >= 0.6 is 15.9 Å². The number of rotatable bonds is 3. The number of benzene rings is 1. The van der Waals surface area contributed by atoms with Crippen LogP contribution in [0.1, 0.15) is 18.1 Å². The lowest BCUT2D eigenvalue weighted by atomic mass is 9.94. The van der Waals surface area contributed by atoms with Crippen LogP contribution in [-0.4, -0.2) is 14.9 Å². The summed E-state index contributed by atoms with van der Waals surface area (Å²) >= 11 is 3.22. The van der Waals surface area contributed by atoms with Gasteiger partial charge in [-0.1, -0.05) is 12.1 Å². The van der Waals surface area contributed by atoms with Crippen molar-refractivity contribution in [1.82, 2.24) is 9.78 Å². The fourth-order valence-corrected chi connectivity index (χ4v) is 2.19. The van der Waals surface area contributed by atoms with Crippen LogP contribution in [-0.2, 0) is 18.3 Å². The molecule has 1 aromatic heterocycles. The molecule has 0 fully saturated rings. The molecule has 0 spiro atoms. The van der Waals surface area contributed by atoms with Crippen LogP contribution in [0.5, 0.6) is 0 Å². The summed E-state index contributed by atoms with van der Waals surface area (Å²) in [4.78, 5) is 0. The first-order chi connectivity index (χ1) is 9.18. The molecule has 0 aliphatic rings. The molecule has 2 aromatic rings. The number of hydrogen-bond donors (Lipinski definition) is 1. The zero-order chi connectivity index (χ0) is 15.0. The van der Waals surface area contributed by atoms with Gasteiger partial charge in [0, 0.05) is 6.20 Å². The molecule has 108 valence electrons. The van der Waals surface area contributed by atoms with Crippen molar-refractivity contribution >= 4 is 15.9 Å². The Labute approximate surface area is 122 Å². The van der Waals surface area contributed by atoms with Crippen LogP contribution in [0.4, 0.5) is 13.2 Å². The number of halogens is 4. The Morgan fingerprint density at radius 1 is 1.30 bits per heavy atom. The number of nitrogens with zero attached hydrogens (tertiary/aromatic N) is 2. The van der Waals surface area contributed by atoms with Crippen molar-refractivity contribution in [2.75, 3.05) is 0 Å². The second kappa shape index (κ2) is 5.21. The molecule has 1 unspecified atom stereocenters. The third kappa shape index (κ3) is 3.40. The summed E-state index contributed by atoms with van der Waals surface area (Å²) in [5.74, 6) is 0. The van der Waals surface area contributed by atoms with Gasteiger partial charge in [0.25, 0.3) is 0 Å². The highest BCUT2D eigenvalue weighted by atomic mass is 79.9. The molecule has 2 rings (SSSR count). The normalized spacial score (nSPS) is 15.1. The van der Waals surface area contributed by atoms with Crippen molar-refractivity contribution in [1.29, 1.82) is 0 Å². The van der Waals surface area contributed by atoms with Gasteiger partial charge in [-0.2, -0.15) is 18.3 Å². The third-order valence-corrected chi connectivity index (χ3v) is 3.29. The highest BCUT2D eigenvalue weighted by Crippen LogP contribution is 2.32. The molecule has 0 aliphatic carbocycles. The number of aliphatic hydroxyl groups is 1. The molecule has 20 heavy (non-hydrogen) atoms. The molecular formula is C13H12BrF3N2O. The first-order valence-corrected chi connectivity index (χ1v) is 6.56. The van der Waals surface area contributed by atoms with Crippen molar-refractivity contribution in [3.8, 4) is 0 Å². The second-order valence-corrected chi connectivity index (χ2v) is 5.62. The lowest BCUT2D eigenvalue weighted by Gasteiger charge is -2.24. The lowest BCUT2D eigenvalue weighted by Crippen LogP contribution is -2.28. The molecule has 0 radical (unpaired) electrons. The van der Waals surface area contributed by atoms with Gasteiger partial charge in [0.2, 0.25) is 0 Å². The summed E-state index contributed by atoms with van der Waals surface area (Å²) in [6.45, 7) is 1.51. The number of hydrogen-bond acceptors (Lipinski definition) is 2. The minimum Gasteiger partial charge on any atom is -0.384 e. The van der Waals surface area contributed by atoms with E-state index < -0.39 is 17.3 Å². The summed E-state index contributed by atoms with van der Waals surface area (Å²) in [6, 6.07) is 4.68. The molecule has 1 atom stereocenters. The molecular weight excluding hydrogens is 337 g/mol. The van der Waals surface area contributed by atoms with E-state index in [0.717, 1.165) is 16.6 Å². The Balaban J connectivity index is 2.29. The molecule has 0 saturated heterocycles. The molecule has 0 saturated carbocycles. The van der Waals surface area contributed by atoms with Gasteiger partial charge in [-0.05, 0) is 40.5 Å². The van der Waals surface area contributed by atoms with E-state index in [2.05, 4.69) is 21.0 Å². The van der Waals surface area contributed by atoms with Crippen molar-refractivity contribution in [3.63, 3.8) is 0 Å². The molecule has 0 amide bonds. The summed E-state index contributed by atoms with van der Waals surface area (Å²) in [6.07, 6.45) is -1.24. The van der Waals surface area contributed by atoms with E-state index in [9.17, 15) is 18.3 Å². The maximum atomic E-state index is 12.7. The summed E-state index contributed by atoms with van der Waals surface area (Å²) in [5.41, 5.74) is -2.04. The monoisotopic (exact) mass is 348 g/mol. The van der Waals surface area contributed by atoms with Gasteiger partial charge in [0.1, 0.15) is 5.60 Å². The van der Waals surface area contributed by atoms with Crippen molar-refractivity contribution in [3.05, 3.63) is 52.3 Å². The summed E-state index contributed by atoms with van der Waals surface area (Å²) in [7, 11) is 0. The Morgan fingerprint density at radius 2 is 1.95 bits per heavy atom. The summed E-state index contributed by atoms with van der Waals surface area (Å²) in [5, 5.41) is 14.4. The van der Waals surface area contributed by atoms with Gasteiger partial charge < -0.3 is 5.11 Å². The zero-order valence-electron chi connectivity index (χ0n) is 10.5. The highest BCUT2D eigenvalue weighted by Gasteiger charge is 2.33. The first kappa shape index (κ1) is 15.1. The number of alkyl halides is 3. The van der Waals surface area contributed by atoms with Gasteiger partial charge in [-0.3, -0.25) is 4.68 Å². The minimum absolute atomic E-state index is 0.0555. The average molecular weight is 349 g/mol. The van der Waals surface area contributed by atoms with E-state index in [-0.39, 0.29) is 12.1 Å². The standard InChI is InChI=1S/C13H12BrF3N2O/c1-12(20,8-19-7-11(14)6-18-19)9-3-2-4-10(5-9)13(15,16)17/h2-7,20H,8H2,1H3. The maximum Gasteiger partial charge on any atom is 0.416 e. The zero-order valence-corrected chi connectivity index (χ0v) is 12.1. The second-order valence-electron chi connectivity index (χ2n) is 4.71. The minimum atomic E-state index is -4.43. The van der Waals surface area contributed by atoms with E-state index in [1.54, 1.807) is 12.4 Å². The predicted molar refractivity (Wildman–Crippen MR) is 70.9 cm³/mol. The average Bonchev–Trinajstić information content (AvgIpc) is 2.73. The maximum absolute atomic E-state index is 12.7. The fraction of sp³-hybridized carbons (Fsp3) is 0.308. The molecule has 3 nitrogen and oxygen atoms in total. The van der Waals surface area contributed by atoms with Gasteiger partial charge >= 0.3 is 6.18 Å². The predicted octanol–water partition coefficient (Wildman–Crippen LogP) is 3.57. The van der Waals surface area contributed by atoms with Crippen LogP contribution in [0.2, 0.25) is 0 Å². The lowest BCUT2D eigenvalue weighted by molar-refractivity contribution is -0.137. The molecule has 1 N–H and O–H groups in total. The van der Waals surface area contributed by atoms with Gasteiger partial charge in [0.15, 0.2) is 0 Å². The molecule has 1 aromatic carbocycles. The van der Waals surface area contributed by atoms with E-state index in [1.807, 2.05) is 0 Å². The van der Waals surface area contributed by atoms with E-state index in [0.29, 0.717) is 0 Å². The fourth-order valence-electron chi connectivity index (χ4n) is 1.86. The van der Waals surface area contributed by atoms with Gasteiger partial charge in [0.05, 0.1) is 22.8 Å². The first-order valence-electron chi connectivity index (χ1n) is 5.76. The Morgan fingerprint density at radius 3 is 2.50 bits per heavy atom. The largest absolute Gasteiger partial charge is 0.416 e. The van der Waals surface area contributed by atoms with Crippen LogP contribution in [0.25, 0.3) is 0 Å². The van der Waals surface area contributed by atoms with Crippen LogP contribution in [0, 0.1) is 0 Å². The molecule has 0 bridgehead atoms. The third-order valence-electron chi connectivity index (χ3n) is 2.88. The van der Waals surface area contributed by atoms with Gasteiger partial charge in [-0.15, -0.1) is 0 Å². The Hall–Kier alpha value is -1.34. The van der Waals surface area contributed by atoms with Gasteiger partial charge in [-0.25, -0.2) is 0 Å². The molecule has 7 heteroatoms. The van der Waals surface area contributed by atoms with E-state index in [1.165, 1.54) is 23.7 Å². The Bertz CT molecular complexity index is 608. The smallest absolute Gasteiger partial charge is 0.384 e. The molecule has 0 aliphatic heterocycles.